The Morgan fingerprint density at radius 3 is 2.61 bits per heavy atom. The van der Waals surface area contributed by atoms with Crippen molar-refractivity contribution in [3.8, 4) is 0 Å². The molecule has 31 heavy (non-hydrogen) atoms. The number of rotatable bonds is 4. The van der Waals surface area contributed by atoms with Crippen molar-refractivity contribution in [2.45, 2.75) is 38.6 Å². The van der Waals surface area contributed by atoms with Gasteiger partial charge < -0.3 is 4.81 Å². The number of nitrogens with one attached hydrogen (secondary N) is 1. The quantitative estimate of drug-likeness (QED) is 0.466. The molecule has 6 nitrogen and oxygen atoms in total. The number of amides is 3. The van der Waals surface area contributed by atoms with Crippen LogP contribution in [0.2, 0.25) is 0 Å². The molecule has 1 N–H and O–H groups in total. The van der Waals surface area contributed by atoms with Gasteiger partial charge in [0.05, 0.1) is 5.69 Å². The second-order valence-electron chi connectivity index (χ2n) is 8.22. The van der Waals surface area contributed by atoms with Gasteiger partial charge in [0.25, 0.3) is 5.91 Å². The van der Waals surface area contributed by atoms with Crippen molar-refractivity contribution in [2.75, 3.05) is 18.0 Å². The average molecular weight is 415 g/mol. The Morgan fingerprint density at radius 1 is 1.13 bits per heavy atom. The molecule has 1 unspecified atom stereocenters. The maximum Gasteiger partial charge on any atom is 0.259 e. The number of carbonyl (C=O) groups excluding carboxylic acids is 3. The Labute approximate surface area is 184 Å². The molecule has 2 fully saturated rings. The van der Waals surface area contributed by atoms with Gasteiger partial charge in [0, 0.05) is 17.6 Å². The van der Waals surface area contributed by atoms with Crippen molar-refractivity contribution < 1.29 is 14.4 Å². The Bertz CT molecular complexity index is 990. The second-order valence-corrected chi connectivity index (χ2v) is 8.22. The normalized spacial score (nSPS) is 24.5. The van der Waals surface area contributed by atoms with E-state index >= 15 is 0 Å². The fourth-order valence-corrected chi connectivity index (χ4v) is 4.53. The number of imide groups is 1. The molecular formula is C24H26BN3O3. The first-order valence-electron chi connectivity index (χ1n) is 10.8. The molecule has 3 aliphatic rings. The van der Waals surface area contributed by atoms with Crippen LogP contribution < -0.4 is 10.2 Å². The lowest BCUT2D eigenvalue weighted by molar-refractivity contribution is -0.135. The van der Waals surface area contributed by atoms with Crippen molar-refractivity contribution in [1.82, 2.24) is 10.1 Å². The highest BCUT2D eigenvalue weighted by Crippen LogP contribution is 2.42. The Morgan fingerprint density at radius 2 is 1.90 bits per heavy atom. The summed E-state index contributed by atoms with van der Waals surface area (Å²) in [6, 6.07) is 5.04. The van der Waals surface area contributed by atoms with Crippen LogP contribution in [0.15, 0.2) is 42.5 Å². The molecule has 0 spiro atoms. The Balaban J connectivity index is 1.69. The monoisotopic (exact) mass is 415 g/mol. The summed E-state index contributed by atoms with van der Waals surface area (Å²) in [5.74, 6) is -0.483. The number of benzene rings is 1. The van der Waals surface area contributed by atoms with Crippen LogP contribution in [0, 0.1) is 5.92 Å². The van der Waals surface area contributed by atoms with Crippen LogP contribution in [-0.4, -0.2) is 49.6 Å². The fraction of sp³-hybridized carbons (Fsp3) is 0.375. The third kappa shape index (κ3) is 4.28. The SMILES string of the molecule is [B]N1CCC(/C=C/C=C2/C(=O)N(C3CCC(=O)NC3=O)c3cccc(/C=C\C)c32)CC1. The van der Waals surface area contributed by atoms with Gasteiger partial charge in [0.15, 0.2) is 7.98 Å². The van der Waals surface area contributed by atoms with Crippen molar-refractivity contribution >= 4 is 43.0 Å². The van der Waals surface area contributed by atoms with E-state index in [9.17, 15) is 14.4 Å². The molecule has 3 aliphatic heterocycles. The molecule has 158 valence electrons. The molecule has 0 aromatic heterocycles. The second kappa shape index (κ2) is 9.06. The Hall–Kier alpha value is -2.93. The van der Waals surface area contributed by atoms with E-state index in [1.165, 1.54) is 0 Å². The minimum absolute atomic E-state index is 0.206. The summed E-state index contributed by atoms with van der Waals surface area (Å²) in [4.78, 5) is 41.0. The lowest BCUT2D eigenvalue weighted by Crippen LogP contribution is -2.53. The molecule has 1 aromatic carbocycles. The van der Waals surface area contributed by atoms with Gasteiger partial charge in [-0.15, -0.1) is 0 Å². The van der Waals surface area contributed by atoms with E-state index < -0.39 is 11.9 Å². The number of allylic oxidation sites excluding steroid dienone is 4. The molecular weight excluding hydrogens is 389 g/mol. The van der Waals surface area contributed by atoms with Crippen LogP contribution in [0.4, 0.5) is 5.69 Å². The number of piperidine rings is 2. The van der Waals surface area contributed by atoms with Gasteiger partial charge in [-0.25, -0.2) is 0 Å². The van der Waals surface area contributed by atoms with E-state index in [4.69, 9.17) is 7.98 Å². The van der Waals surface area contributed by atoms with Crippen LogP contribution in [-0.2, 0) is 14.4 Å². The molecule has 0 bridgehead atoms. The maximum absolute atomic E-state index is 13.5. The molecule has 3 amide bonds. The highest BCUT2D eigenvalue weighted by Gasteiger charge is 2.42. The number of fused-ring (bicyclic) bond motifs is 1. The van der Waals surface area contributed by atoms with Crippen molar-refractivity contribution in [3.05, 3.63) is 53.6 Å². The minimum Gasteiger partial charge on any atom is -0.353 e. The van der Waals surface area contributed by atoms with Crippen LogP contribution in [0.3, 0.4) is 0 Å². The van der Waals surface area contributed by atoms with E-state index in [1.54, 1.807) is 4.90 Å². The summed E-state index contributed by atoms with van der Waals surface area (Å²) in [6.45, 7) is 3.66. The number of nitrogens with zero attached hydrogens (tertiary/aromatic N) is 2. The number of hydrogen-bond acceptors (Lipinski definition) is 4. The molecule has 7 heteroatoms. The summed E-state index contributed by atoms with van der Waals surface area (Å²) in [5.41, 5.74) is 3.04. The van der Waals surface area contributed by atoms with Gasteiger partial charge in [0.1, 0.15) is 6.04 Å². The molecule has 1 aromatic rings. The van der Waals surface area contributed by atoms with Crippen molar-refractivity contribution in [2.24, 2.45) is 5.92 Å². The topological polar surface area (TPSA) is 69.7 Å². The third-order valence-electron chi connectivity index (χ3n) is 6.14. The lowest BCUT2D eigenvalue weighted by Gasteiger charge is -2.30. The van der Waals surface area contributed by atoms with Crippen molar-refractivity contribution in [3.63, 3.8) is 0 Å². The first kappa shape index (κ1) is 21.3. The largest absolute Gasteiger partial charge is 0.353 e. The molecule has 1 atom stereocenters. The number of anilines is 1. The summed E-state index contributed by atoms with van der Waals surface area (Å²) in [7, 11) is 5.83. The summed E-state index contributed by atoms with van der Waals surface area (Å²) in [5, 5.41) is 2.37. The molecule has 4 rings (SSSR count). The number of hydrogen-bond donors (Lipinski definition) is 1. The van der Waals surface area contributed by atoms with Gasteiger partial charge in [-0.2, -0.15) is 0 Å². The summed E-state index contributed by atoms with van der Waals surface area (Å²) >= 11 is 0. The van der Waals surface area contributed by atoms with Crippen LogP contribution in [0.1, 0.15) is 43.7 Å². The molecule has 2 saturated heterocycles. The Kier molecular flexibility index (Phi) is 6.23. The molecule has 3 heterocycles. The minimum atomic E-state index is -0.687. The predicted molar refractivity (Wildman–Crippen MR) is 122 cm³/mol. The van der Waals surface area contributed by atoms with E-state index in [0.717, 1.165) is 37.1 Å². The zero-order valence-corrected chi connectivity index (χ0v) is 17.7. The van der Waals surface area contributed by atoms with E-state index in [1.807, 2.05) is 54.2 Å². The standard InChI is InChI=1S/C24H26BN3O3/c1-2-5-17-7-4-9-19-22(17)18(8-3-6-16-12-14-27(25)15-13-16)24(31)28(19)20-10-11-21(29)26-23(20)30/h2-9,16,20H,10-15H2,1H3,(H,26,29,30)/b5-2-,6-3+,18-8+. The van der Waals surface area contributed by atoms with Gasteiger partial charge in [-0.1, -0.05) is 36.4 Å². The maximum atomic E-state index is 13.5. The first-order valence-corrected chi connectivity index (χ1v) is 10.8. The predicted octanol–water partition coefficient (Wildman–Crippen LogP) is 2.61. The highest BCUT2D eigenvalue weighted by atomic mass is 16.2. The van der Waals surface area contributed by atoms with Crippen LogP contribution >= 0.6 is 0 Å². The van der Waals surface area contributed by atoms with Gasteiger partial charge in [-0.3, -0.25) is 24.6 Å². The zero-order valence-electron chi connectivity index (χ0n) is 17.7. The van der Waals surface area contributed by atoms with Gasteiger partial charge >= 0.3 is 0 Å². The van der Waals surface area contributed by atoms with Crippen molar-refractivity contribution in [1.29, 1.82) is 0 Å². The van der Waals surface area contributed by atoms with E-state index in [2.05, 4.69) is 11.4 Å². The highest BCUT2D eigenvalue weighted by molar-refractivity contribution is 6.35. The number of carbonyl (C=O) groups is 3. The third-order valence-corrected chi connectivity index (χ3v) is 6.14. The summed E-state index contributed by atoms with van der Waals surface area (Å²) in [6.07, 6.45) is 12.4. The first-order chi connectivity index (χ1) is 15.0. The van der Waals surface area contributed by atoms with Crippen LogP contribution in [0.5, 0.6) is 0 Å². The van der Waals surface area contributed by atoms with E-state index in [-0.39, 0.29) is 18.2 Å². The molecule has 0 aliphatic carbocycles. The zero-order chi connectivity index (χ0) is 22.0. The lowest BCUT2D eigenvalue weighted by atomic mass is 9.94. The fourth-order valence-electron chi connectivity index (χ4n) is 4.53. The van der Waals surface area contributed by atoms with Gasteiger partial charge in [0.2, 0.25) is 11.8 Å². The molecule has 2 radical (unpaired) electrons. The smallest absolute Gasteiger partial charge is 0.259 e. The molecule has 0 saturated carbocycles. The van der Waals surface area contributed by atoms with E-state index in [0.29, 0.717) is 23.6 Å². The summed E-state index contributed by atoms with van der Waals surface area (Å²) < 4.78 is 0. The van der Waals surface area contributed by atoms with Gasteiger partial charge in [-0.05, 0) is 62.9 Å². The average Bonchev–Trinajstić information content (AvgIpc) is 3.02. The van der Waals surface area contributed by atoms with Crippen LogP contribution in [0.25, 0.3) is 11.6 Å².